The Morgan fingerprint density at radius 1 is 1.38 bits per heavy atom. The molecule has 0 atom stereocenters. The zero-order valence-corrected chi connectivity index (χ0v) is 9.80. The van der Waals surface area contributed by atoms with Gasteiger partial charge in [-0.2, -0.15) is 0 Å². The lowest BCUT2D eigenvalue weighted by molar-refractivity contribution is 0.416. The average Bonchev–Trinajstić information content (AvgIpc) is 2.89. The number of para-hydroxylation sites is 1. The minimum absolute atomic E-state index is 0.884. The molecule has 0 aliphatic carbocycles. The SMILES string of the molecule is COc1ccccc1-c1nc2c(s1)CCN2. The summed E-state index contributed by atoms with van der Waals surface area (Å²) in [5.74, 6) is 1.93. The third kappa shape index (κ3) is 1.46. The van der Waals surface area contributed by atoms with E-state index in [4.69, 9.17) is 4.74 Å². The molecule has 1 aromatic carbocycles. The van der Waals surface area contributed by atoms with Gasteiger partial charge in [-0.05, 0) is 12.1 Å². The maximum absolute atomic E-state index is 5.35. The molecule has 2 aromatic rings. The number of anilines is 1. The molecule has 4 heteroatoms. The molecule has 2 heterocycles. The highest BCUT2D eigenvalue weighted by Crippen LogP contribution is 2.37. The van der Waals surface area contributed by atoms with Crippen LogP contribution in [0.15, 0.2) is 24.3 Å². The van der Waals surface area contributed by atoms with Crippen LogP contribution in [0.2, 0.25) is 0 Å². The van der Waals surface area contributed by atoms with E-state index in [0.717, 1.165) is 35.1 Å². The molecule has 0 radical (unpaired) electrons. The molecule has 0 bridgehead atoms. The minimum atomic E-state index is 0.884. The first-order chi connectivity index (χ1) is 7.88. The number of ether oxygens (including phenoxy) is 1. The maximum atomic E-state index is 5.35. The van der Waals surface area contributed by atoms with E-state index in [9.17, 15) is 0 Å². The van der Waals surface area contributed by atoms with Gasteiger partial charge in [-0.1, -0.05) is 12.1 Å². The molecule has 3 rings (SSSR count). The summed E-state index contributed by atoms with van der Waals surface area (Å²) in [6.45, 7) is 1.01. The lowest BCUT2D eigenvalue weighted by Gasteiger charge is -2.04. The van der Waals surface area contributed by atoms with Gasteiger partial charge in [0.25, 0.3) is 0 Å². The number of hydrogen-bond acceptors (Lipinski definition) is 4. The summed E-state index contributed by atoms with van der Waals surface area (Å²) < 4.78 is 5.35. The lowest BCUT2D eigenvalue weighted by atomic mass is 10.2. The number of methoxy groups -OCH3 is 1. The van der Waals surface area contributed by atoms with Gasteiger partial charge in [0.2, 0.25) is 0 Å². The number of aromatic nitrogens is 1. The molecule has 1 aliphatic heterocycles. The number of hydrogen-bond donors (Lipinski definition) is 1. The zero-order valence-electron chi connectivity index (χ0n) is 8.99. The quantitative estimate of drug-likeness (QED) is 0.864. The summed E-state index contributed by atoms with van der Waals surface area (Å²) in [5.41, 5.74) is 1.08. The van der Waals surface area contributed by atoms with Crippen molar-refractivity contribution in [3.05, 3.63) is 29.1 Å². The third-order valence-electron chi connectivity index (χ3n) is 2.68. The summed E-state index contributed by atoms with van der Waals surface area (Å²) in [6, 6.07) is 8.00. The number of thiazole rings is 1. The fourth-order valence-corrected chi connectivity index (χ4v) is 2.96. The Morgan fingerprint density at radius 3 is 3.06 bits per heavy atom. The van der Waals surface area contributed by atoms with Crippen molar-refractivity contribution >= 4 is 17.2 Å². The Balaban J connectivity index is 2.08. The fourth-order valence-electron chi connectivity index (χ4n) is 1.89. The summed E-state index contributed by atoms with van der Waals surface area (Å²) in [4.78, 5) is 5.95. The Hall–Kier alpha value is -1.55. The minimum Gasteiger partial charge on any atom is -0.496 e. The second-order valence-electron chi connectivity index (χ2n) is 3.67. The molecular formula is C12H12N2OS. The van der Waals surface area contributed by atoms with E-state index < -0.39 is 0 Å². The predicted molar refractivity (Wildman–Crippen MR) is 66.3 cm³/mol. The van der Waals surface area contributed by atoms with Crippen molar-refractivity contribution in [2.75, 3.05) is 19.0 Å². The molecule has 0 saturated heterocycles. The van der Waals surface area contributed by atoms with Gasteiger partial charge in [0.15, 0.2) is 0 Å². The van der Waals surface area contributed by atoms with Crippen molar-refractivity contribution in [2.24, 2.45) is 0 Å². The number of rotatable bonds is 2. The van der Waals surface area contributed by atoms with Crippen molar-refractivity contribution in [3.63, 3.8) is 0 Å². The van der Waals surface area contributed by atoms with Crippen LogP contribution >= 0.6 is 11.3 Å². The van der Waals surface area contributed by atoms with E-state index in [-0.39, 0.29) is 0 Å². The highest BCUT2D eigenvalue weighted by atomic mass is 32.1. The first kappa shape index (κ1) is 9.66. The summed E-state index contributed by atoms with van der Waals surface area (Å²) in [6.07, 6.45) is 1.09. The van der Waals surface area contributed by atoms with E-state index in [1.54, 1.807) is 18.4 Å². The monoisotopic (exact) mass is 232 g/mol. The van der Waals surface area contributed by atoms with Gasteiger partial charge in [0, 0.05) is 13.0 Å². The number of nitrogens with one attached hydrogen (secondary N) is 1. The van der Waals surface area contributed by atoms with E-state index in [0.29, 0.717) is 0 Å². The topological polar surface area (TPSA) is 34.1 Å². The van der Waals surface area contributed by atoms with Crippen molar-refractivity contribution in [1.29, 1.82) is 0 Å². The summed E-state index contributed by atoms with van der Waals surface area (Å²) >= 11 is 1.75. The summed E-state index contributed by atoms with van der Waals surface area (Å²) in [5, 5.41) is 4.32. The standard InChI is InChI=1S/C12H12N2OS/c1-15-9-5-3-2-4-8(9)12-14-11-10(16-12)6-7-13-11/h2-5,13H,6-7H2,1H3. The number of nitrogens with zero attached hydrogens (tertiary/aromatic N) is 1. The van der Waals surface area contributed by atoms with E-state index in [1.807, 2.05) is 24.3 Å². The zero-order chi connectivity index (χ0) is 11.0. The Kier molecular flexibility index (Phi) is 2.29. The van der Waals surface area contributed by atoms with Crippen LogP contribution in [0.25, 0.3) is 10.6 Å². The first-order valence-corrected chi connectivity index (χ1v) is 6.07. The second kappa shape index (κ2) is 3.79. The van der Waals surface area contributed by atoms with Gasteiger partial charge >= 0.3 is 0 Å². The molecule has 3 nitrogen and oxygen atoms in total. The molecule has 0 saturated carbocycles. The van der Waals surface area contributed by atoms with Crippen LogP contribution in [-0.4, -0.2) is 18.6 Å². The smallest absolute Gasteiger partial charge is 0.141 e. The molecule has 0 amide bonds. The highest BCUT2D eigenvalue weighted by Gasteiger charge is 2.18. The largest absolute Gasteiger partial charge is 0.496 e. The van der Waals surface area contributed by atoms with E-state index in [2.05, 4.69) is 10.3 Å². The van der Waals surface area contributed by atoms with Gasteiger partial charge in [0.05, 0.1) is 17.6 Å². The number of benzene rings is 1. The van der Waals surface area contributed by atoms with Crippen LogP contribution < -0.4 is 10.1 Å². The second-order valence-corrected chi connectivity index (χ2v) is 4.75. The predicted octanol–water partition coefficient (Wildman–Crippen LogP) is 2.79. The van der Waals surface area contributed by atoms with Gasteiger partial charge in [0.1, 0.15) is 16.6 Å². The van der Waals surface area contributed by atoms with Crippen LogP contribution in [0, 0.1) is 0 Å². The Bertz CT molecular complexity index is 500. The third-order valence-corrected chi connectivity index (χ3v) is 3.83. The molecule has 0 fully saturated rings. The first-order valence-electron chi connectivity index (χ1n) is 5.25. The van der Waals surface area contributed by atoms with Gasteiger partial charge in [-0.25, -0.2) is 4.98 Å². The van der Waals surface area contributed by atoms with Crippen LogP contribution in [0.4, 0.5) is 5.82 Å². The normalized spacial score (nSPS) is 13.3. The van der Waals surface area contributed by atoms with Crippen molar-refractivity contribution in [3.8, 4) is 16.3 Å². The van der Waals surface area contributed by atoms with Gasteiger partial charge < -0.3 is 10.1 Å². The van der Waals surface area contributed by atoms with Crippen LogP contribution in [-0.2, 0) is 6.42 Å². The molecule has 1 aromatic heterocycles. The molecule has 16 heavy (non-hydrogen) atoms. The van der Waals surface area contributed by atoms with E-state index >= 15 is 0 Å². The van der Waals surface area contributed by atoms with Gasteiger partial charge in [-0.15, -0.1) is 11.3 Å². The highest BCUT2D eigenvalue weighted by molar-refractivity contribution is 7.15. The number of fused-ring (bicyclic) bond motifs is 1. The van der Waals surface area contributed by atoms with Crippen molar-refractivity contribution in [2.45, 2.75) is 6.42 Å². The molecule has 82 valence electrons. The van der Waals surface area contributed by atoms with E-state index in [1.165, 1.54) is 4.88 Å². The summed E-state index contributed by atoms with van der Waals surface area (Å²) in [7, 11) is 1.69. The van der Waals surface area contributed by atoms with Crippen LogP contribution in [0.3, 0.4) is 0 Å². The lowest BCUT2D eigenvalue weighted by Crippen LogP contribution is -1.94. The average molecular weight is 232 g/mol. The Morgan fingerprint density at radius 2 is 2.25 bits per heavy atom. The molecule has 0 spiro atoms. The van der Waals surface area contributed by atoms with Crippen molar-refractivity contribution < 1.29 is 4.74 Å². The Labute approximate surface area is 98.1 Å². The molecule has 1 aliphatic rings. The van der Waals surface area contributed by atoms with Gasteiger partial charge in [-0.3, -0.25) is 0 Å². The molecular weight excluding hydrogens is 220 g/mol. The van der Waals surface area contributed by atoms with Crippen molar-refractivity contribution in [1.82, 2.24) is 4.98 Å². The molecule has 0 unspecified atom stereocenters. The maximum Gasteiger partial charge on any atom is 0.141 e. The molecule has 1 N–H and O–H groups in total. The fraction of sp³-hybridized carbons (Fsp3) is 0.250. The van der Waals surface area contributed by atoms with Crippen LogP contribution in [0.1, 0.15) is 4.88 Å². The van der Waals surface area contributed by atoms with Crippen LogP contribution in [0.5, 0.6) is 5.75 Å².